The highest BCUT2D eigenvalue weighted by Crippen LogP contribution is 2.31. The van der Waals surface area contributed by atoms with Crippen LogP contribution in [0.2, 0.25) is 0 Å². The van der Waals surface area contributed by atoms with Crippen molar-refractivity contribution in [3.8, 4) is 17.3 Å². The van der Waals surface area contributed by atoms with Crippen molar-refractivity contribution in [3.63, 3.8) is 0 Å². The zero-order valence-corrected chi connectivity index (χ0v) is 9.57. The van der Waals surface area contributed by atoms with Crippen LogP contribution in [-0.2, 0) is 6.54 Å². The third-order valence-corrected chi connectivity index (χ3v) is 3.50. The van der Waals surface area contributed by atoms with E-state index in [0.717, 1.165) is 23.7 Å². The highest BCUT2D eigenvalue weighted by atomic mass is 32.1. The number of hydrogen-bond acceptors (Lipinski definition) is 3. The van der Waals surface area contributed by atoms with E-state index in [1.165, 1.54) is 12.8 Å². The molecule has 1 aliphatic rings. The first-order valence-corrected chi connectivity index (χ1v) is 6.31. The molecule has 0 spiro atoms. The maximum atomic E-state index is 9.08. The number of nitriles is 1. The lowest BCUT2D eigenvalue weighted by atomic mass is 10.2. The summed E-state index contributed by atoms with van der Waals surface area (Å²) in [6, 6.07) is 4.23. The van der Waals surface area contributed by atoms with Crippen LogP contribution in [0.1, 0.15) is 18.4 Å². The molecule has 0 aliphatic heterocycles. The van der Waals surface area contributed by atoms with E-state index in [9.17, 15) is 0 Å². The van der Waals surface area contributed by atoms with E-state index in [0.29, 0.717) is 5.56 Å². The summed E-state index contributed by atoms with van der Waals surface area (Å²) < 4.78 is 1.92. The van der Waals surface area contributed by atoms with Gasteiger partial charge in [-0.1, -0.05) is 0 Å². The van der Waals surface area contributed by atoms with Crippen LogP contribution in [0.15, 0.2) is 23.0 Å². The minimum absolute atomic E-state index is 0.680. The molecule has 2 aromatic heterocycles. The maximum absolute atomic E-state index is 9.08. The summed E-state index contributed by atoms with van der Waals surface area (Å²) >= 11 is 1.63. The highest BCUT2D eigenvalue weighted by molar-refractivity contribution is 7.08. The average Bonchev–Trinajstić information content (AvgIpc) is 2.83. The Balaban J connectivity index is 1.96. The molecule has 0 aromatic carbocycles. The first-order valence-electron chi connectivity index (χ1n) is 5.37. The quantitative estimate of drug-likeness (QED) is 0.812. The second-order valence-corrected chi connectivity index (χ2v) is 4.96. The summed E-state index contributed by atoms with van der Waals surface area (Å²) in [4.78, 5) is 0. The third-order valence-electron chi connectivity index (χ3n) is 2.82. The molecule has 0 bridgehead atoms. The number of rotatable bonds is 3. The lowest BCUT2D eigenvalue weighted by Crippen LogP contribution is -1.99. The van der Waals surface area contributed by atoms with Gasteiger partial charge in [-0.15, -0.1) is 0 Å². The van der Waals surface area contributed by atoms with Gasteiger partial charge in [-0.05, 0) is 30.2 Å². The van der Waals surface area contributed by atoms with Crippen LogP contribution in [0.5, 0.6) is 0 Å². The van der Waals surface area contributed by atoms with Crippen molar-refractivity contribution in [2.24, 2.45) is 5.92 Å². The largest absolute Gasteiger partial charge is 0.270 e. The van der Waals surface area contributed by atoms with Gasteiger partial charge < -0.3 is 0 Å². The van der Waals surface area contributed by atoms with Crippen LogP contribution in [0.4, 0.5) is 0 Å². The molecule has 1 aliphatic carbocycles. The van der Waals surface area contributed by atoms with Crippen molar-refractivity contribution in [2.75, 3.05) is 0 Å². The molecule has 1 fully saturated rings. The summed E-state index contributed by atoms with van der Waals surface area (Å²) in [6.45, 7) is 0.957. The summed E-state index contributed by atoms with van der Waals surface area (Å²) in [7, 11) is 0. The second-order valence-electron chi connectivity index (χ2n) is 4.18. The van der Waals surface area contributed by atoms with E-state index in [-0.39, 0.29) is 0 Å². The minimum atomic E-state index is 0.680. The molecule has 16 heavy (non-hydrogen) atoms. The fourth-order valence-electron chi connectivity index (χ4n) is 1.77. The van der Waals surface area contributed by atoms with Crippen LogP contribution in [-0.4, -0.2) is 9.78 Å². The Hall–Kier alpha value is -1.60. The minimum Gasteiger partial charge on any atom is -0.270 e. The molecule has 1 saturated carbocycles. The number of hydrogen-bond donors (Lipinski definition) is 0. The Morgan fingerprint density at radius 1 is 1.56 bits per heavy atom. The number of nitrogens with zero attached hydrogens (tertiary/aromatic N) is 3. The predicted molar refractivity (Wildman–Crippen MR) is 63.0 cm³/mol. The van der Waals surface area contributed by atoms with E-state index in [1.54, 1.807) is 11.3 Å². The average molecular weight is 229 g/mol. The lowest BCUT2D eigenvalue weighted by Gasteiger charge is -1.96. The molecule has 0 unspecified atom stereocenters. The van der Waals surface area contributed by atoms with Crippen LogP contribution in [0.3, 0.4) is 0 Å². The molecule has 0 amide bonds. The fraction of sp³-hybridized carbons (Fsp3) is 0.333. The molecule has 2 heterocycles. The Labute approximate surface area is 97.9 Å². The Kier molecular flexibility index (Phi) is 2.26. The lowest BCUT2D eigenvalue weighted by molar-refractivity contribution is 0.564. The number of aromatic nitrogens is 2. The smallest absolute Gasteiger partial charge is 0.111 e. The molecule has 80 valence electrons. The normalized spacial score (nSPS) is 14.9. The summed E-state index contributed by atoms with van der Waals surface area (Å²) in [6.07, 6.45) is 4.47. The molecule has 3 nitrogen and oxygen atoms in total. The third kappa shape index (κ3) is 1.74. The standard InChI is InChI=1S/C12H11N3S/c13-5-11-7-15(6-9-1-2-9)14-12(11)10-3-4-16-8-10/h3-4,7-9H,1-2,6H2. The molecule has 3 rings (SSSR count). The molecule has 0 radical (unpaired) electrons. The van der Waals surface area contributed by atoms with E-state index in [2.05, 4.69) is 11.2 Å². The Morgan fingerprint density at radius 2 is 2.44 bits per heavy atom. The first-order chi connectivity index (χ1) is 7.86. The van der Waals surface area contributed by atoms with Gasteiger partial charge in [0.1, 0.15) is 11.8 Å². The summed E-state index contributed by atoms with van der Waals surface area (Å²) in [5.41, 5.74) is 2.56. The van der Waals surface area contributed by atoms with Crippen LogP contribution in [0.25, 0.3) is 11.3 Å². The summed E-state index contributed by atoms with van der Waals surface area (Å²) in [5.74, 6) is 0.779. The zero-order valence-electron chi connectivity index (χ0n) is 8.76. The first kappa shape index (κ1) is 9.61. The molecular weight excluding hydrogens is 218 g/mol. The number of thiophene rings is 1. The van der Waals surface area contributed by atoms with E-state index in [4.69, 9.17) is 5.26 Å². The van der Waals surface area contributed by atoms with Gasteiger partial charge in [-0.3, -0.25) is 4.68 Å². The predicted octanol–water partition coefficient (Wildman–Crippen LogP) is 2.89. The van der Waals surface area contributed by atoms with Crippen LogP contribution < -0.4 is 0 Å². The topological polar surface area (TPSA) is 41.6 Å². The van der Waals surface area contributed by atoms with E-state index in [1.807, 2.05) is 27.7 Å². The fourth-order valence-corrected chi connectivity index (χ4v) is 2.41. The van der Waals surface area contributed by atoms with Gasteiger partial charge in [0.05, 0.1) is 5.56 Å². The second kappa shape index (κ2) is 3.76. The van der Waals surface area contributed by atoms with Gasteiger partial charge in [-0.2, -0.15) is 21.7 Å². The zero-order chi connectivity index (χ0) is 11.0. The van der Waals surface area contributed by atoms with Crippen molar-refractivity contribution in [1.29, 1.82) is 5.26 Å². The van der Waals surface area contributed by atoms with Crippen molar-refractivity contribution in [3.05, 3.63) is 28.6 Å². The molecular formula is C12H11N3S. The van der Waals surface area contributed by atoms with Gasteiger partial charge >= 0.3 is 0 Å². The molecule has 0 N–H and O–H groups in total. The Bertz CT molecular complexity index is 529. The monoisotopic (exact) mass is 229 g/mol. The van der Waals surface area contributed by atoms with E-state index >= 15 is 0 Å². The highest BCUT2D eigenvalue weighted by Gasteiger charge is 2.23. The van der Waals surface area contributed by atoms with Gasteiger partial charge in [0, 0.05) is 23.7 Å². The van der Waals surface area contributed by atoms with Crippen molar-refractivity contribution in [1.82, 2.24) is 9.78 Å². The van der Waals surface area contributed by atoms with Crippen molar-refractivity contribution >= 4 is 11.3 Å². The maximum Gasteiger partial charge on any atom is 0.111 e. The molecule has 2 aromatic rings. The van der Waals surface area contributed by atoms with Gasteiger partial charge in [0.25, 0.3) is 0 Å². The van der Waals surface area contributed by atoms with Gasteiger partial charge in [0.15, 0.2) is 0 Å². The van der Waals surface area contributed by atoms with Crippen LogP contribution >= 0.6 is 11.3 Å². The van der Waals surface area contributed by atoms with Crippen molar-refractivity contribution < 1.29 is 0 Å². The summed E-state index contributed by atoms with van der Waals surface area (Å²) in [5, 5.41) is 17.6. The van der Waals surface area contributed by atoms with E-state index < -0.39 is 0 Å². The molecule has 0 saturated heterocycles. The van der Waals surface area contributed by atoms with Crippen molar-refractivity contribution in [2.45, 2.75) is 19.4 Å². The van der Waals surface area contributed by atoms with Gasteiger partial charge in [-0.25, -0.2) is 0 Å². The SMILES string of the molecule is N#Cc1cn(CC2CC2)nc1-c1ccsc1. The molecule has 0 atom stereocenters. The van der Waals surface area contributed by atoms with Gasteiger partial charge in [0.2, 0.25) is 0 Å². The van der Waals surface area contributed by atoms with Crippen LogP contribution in [0, 0.1) is 17.2 Å². The Morgan fingerprint density at radius 3 is 3.06 bits per heavy atom. The molecule has 4 heteroatoms.